The van der Waals surface area contributed by atoms with Crippen LogP contribution in [0, 0.1) is 46.3 Å². The Hall–Kier alpha value is -1.29. The SMILES string of the molecule is CC(C)CCCC(C)C1CCC2C3CC=C4CC(OC(=O)Oc5ccccc5Br)CCC4(C)C3CCC12C. The minimum absolute atomic E-state index is 0.0859. The van der Waals surface area contributed by atoms with Gasteiger partial charge >= 0.3 is 6.16 Å². The van der Waals surface area contributed by atoms with Crippen molar-refractivity contribution in [3.8, 4) is 5.75 Å². The number of hydrogen-bond acceptors (Lipinski definition) is 3. The zero-order chi connectivity index (χ0) is 27.1. The van der Waals surface area contributed by atoms with E-state index in [1.54, 1.807) is 11.6 Å². The second kappa shape index (κ2) is 11.3. The quantitative estimate of drug-likeness (QED) is 0.181. The zero-order valence-electron chi connectivity index (χ0n) is 24.3. The predicted octanol–water partition coefficient (Wildman–Crippen LogP) is 10.4. The van der Waals surface area contributed by atoms with Crippen LogP contribution in [0.1, 0.15) is 105 Å². The Kier molecular flexibility index (Phi) is 8.40. The molecule has 3 fully saturated rings. The summed E-state index contributed by atoms with van der Waals surface area (Å²) in [6, 6.07) is 7.41. The Labute approximate surface area is 239 Å². The third kappa shape index (κ3) is 5.37. The van der Waals surface area contributed by atoms with Crippen molar-refractivity contribution in [3.05, 3.63) is 40.4 Å². The van der Waals surface area contributed by atoms with Gasteiger partial charge < -0.3 is 9.47 Å². The van der Waals surface area contributed by atoms with Gasteiger partial charge in [-0.25, -0.2) is 4.79 Å². The highest BCUT2D eigenvalue weighted by Gasteiger charge is 2.59. The standard InChI is InChI=1S/C34H49BrO3/c1-22(2)9-8-10-23(3)27-15-16-28-26-14-13-24-21-25(37-32(36)38-31-12-7-6-11-30(31)35)17-19-33(24,4)29(26)18-20-34(27,28)5/h6-7,11-13,22-23,25-29H,8-10,14-21H2,1-5H3. The van der Waals surface area contributed by atoms with Crippen molar-refractivity contribution < 1.29 is 14.3 Å². The van der Waals surface area contributed by atoms with Crippen LogP contribution in [0.25, 0.3) is 0 Å². The fourth-order valence-electron chi connectivity index (χ4n) is 9.53. The summed E-state index contributed by atoms with van der Waals surface area (Å²) in [7, 11) is 0. The van der Waals surface area contributed by atoms with Gasteiger partial charge in [0.25, 0.3) is 0 Å². The van der Waals surface area contributed by atoms with E-state index in [0.717, 1.165) is 59.2 Å². The molecule has 0 aliphatic heterocycles. The van der Waals surface area contributed by atoms with Crippen LogP contribution in [0.15, 0.2) is 40.4 Å². The number of para-hydroxylation sites is 1. The normalized spacial score (nSPS) is 37.0. The van der Waals surface area contributed by atoms with Crippen molar-refractivity contribution in [1.29, 1.82) is 0 Å². The highest BCUT2D eigenvalue weighted by atomic mass is 79.9. The maximum absolute atomic E-state index is 12.6. The Bertz CT molecular complexity index is 1030. The molecular weight excluding hydrogens is 536 g/mol. The number of carbonyl (C=O) groups is 1. The first kappa shape index (κ1) is 28.2. The number of rotatable bonds is 7. The fraction of sp³-hybridized carbons (Fsp3) is 0.735. The lowest BCUT2D eigenvalue weighted by molar-refractivity contribution is -0.0597. The van der Waals surface area contributed by atoms with Gasteiger partial charge in [0.1, 0.15) is 11.9 Å². The summed E-state index contributed by atoms with van der Waals surface area (Å²) in [6.07, 6.45) is 15.9. The van der Waals surface area contributed by atoms with Crippen LogP contribution in [0.2, 0.25) is 0 Å². The molecule has 4 heteroatoms. The highest BCUT2D eigenvalue weighted by Crippen LogP contribution is 2.67. The van der Waals surface area contributed by atoms with E-state index in [2.05, 4.69) is 56.6 Å². The number of allylic oxidation sites excluding steroid dienone is 1. The largest absolute Gasteiger partial charge is 0.514 e. The van der Waals surface area contributed by atoms with E-state index in [0.29, 0.717) is 11.2 Å². The summed E-state index contributed by atoms with van der Waals surface area (Å²) >= 11 is 3.44. The minimum Gasteiger partial charge on any atom is -0.430 e. The molecule has 3 nitrogen and oxygen atoms in total. The molecule has 0 N–H and O–H groups in total. The van der Waals surface area contributed by atoms with E-state index in [1.165, 1.54) is 51.4 Å². The van der Waals surface area contributed by atoms with Crippen molar-refractivity contribution in [2.75, 3.05) is 0 Å². The predicted molar refractivity (Wildman–Crippen MR) is 158 cm³/mol. The number of hydrogen-bond donors (Lipinski definition) is 0. The maximum atomic E-state index is 12.6. The van der Waals surface area contributed by atoms with Crippen LogP contribution in [-0.2, 0) is 4.74 Å². The first-order chi connectivity index (χ1) is 18.1. The molecule has 0 heterocycles. The van der Waals surface area contributed by atoms with Crippen LogP contribution < -0.4 is 4.74 Å². The number of halogens is 1. The molecule has 1 aromatic rings. The van der Waals surface area contributed by atoms with Crippen molar-refractivity contribution in [1.82, 2.24) is 0 Å². The Balaban J connectivity index is 1.22. The Morgan fingerprint density at radius 3 is 2.58 bits per heavy atom. The molecule has 1 aromatic carbocycles. The number of carbonyl (C=O) groups excluding carboxylic acids is 1. The minimum atomic E-state index is -0.590. The molecule has 5 rings (SSSR count). The van der Waals surface area contributed by atoms with Crippen molar-refractivity contribution in [2.45, 2.75) is 111 Å². The van der Waals surface area contributed by atoms with Gasteiger partial charge in [-0.1, -0.05) is 77.7 Å². The van der Waals surface area contributed by atoms with E-state index < -0.39 is 6.16 Å². The molecule has 8 atom stereocenters. The van der Waals surface area contributed by atoms with Crippen molar-refractivity contribution in [2.24, 2.45) is 46.3 Å². The molecule has 38 heavy (non-hydrogen) atoms. The molecule has 0 radical (unpaired) electrons. The third-order valence-corrected chi connectivity index (χ3v) is 12.2. The van der Waals surface area contributed by atoms with Gasteiger partial charge in [-0.2, -0.15) is 0 Å². The third-order valence-electron chi connectivity index (χ3n) is 11.6. The second-order valence-electron chi connectivity index (χ2n) is 14.1. The average Bonchev–Trinajstić information content (AvgIpc) is 3.23. The number of ether oxygens (including phenoxy) is 2. The summed E-state index contributed by atoms with van der Waals surface area (Å²) in [4.78, 5) is 12.6. The van der Waals surface area contributed by atoms with Crippen LogP contribution in [-0.4, -0.2) is 12.3 Å². The highest BCUT2D eigenvalue weighted by molar-refractivity contribution is 9.10. The van der Waals surface area contributed by atoms with E-state index in [1.807, 2.05) is 18.2 Å². The topological polar surface area (TPSA) is 35.5 Å². The zero-order valence-corrected chi connectivity index (χ0v) is 25.9. The summed E-state index contributed by atoms with van der Waals surface area (Å²) < 4.78 is 12.1. The lowest BCUT2D eigenvalue weighted by Crippen LogP contribution is -2.51. The van der Waals surface area contributed by atoms with Crippen LogP contribution >= 0.6 is 15.9 Å². The van der Waals surface area contributed by atoms with Crippen molar-refractivity contribution >= 4 is 22.1 Å². The monoisotopic (exact) mass is 584 g/mol. The molecule has 0 amide bonds. The Morgan fingerprint density at radius 1 is 1.03 bits per heavy atom. The summed E-state index contributed by atoms with van der Waals surface area (Å²) in [5, 5.41) is 0. The first-order valence-electron chi connectivity index (χ1n) is 15.4. The lowest BCUT2D eigenvalue weighted by atomic mass is 9.47. The average molecular weight is 586 g/mol. The number of fused-ring (bicyclic) bond motifs is 5. The maximum Gasteiger partial charge on any atom is 0.514 e. The van der Waals surface area contributed by atoms with E-state index in [9.17, 15) is 4.79 Å². The van der Waals surface area contributed by atoms with Gasteiger partial charge in [-0.05, 0) is 119 Å². The number of benzene rings is 1. The van der Waals surface area contributed by atoms with Gasteiger partial charge in [-0.3, -0.25) is 0 Å². The van der Waals surface area contributed by atoms with E-state index >= 15 is 0 Å². The molecule has 3 saturated carbocycles. The lowest BCUT2D eigenvalue weighted by Gasteiger charge is -2.58. The van der Waals surface area contributed by atoms with E-state index in [-0.39, 0.29) is 11.5 Å². The molecule has 0 bridgehead atoms. The van der Waals surface area contributed by atoms with Crippen LogP contribution in [0.4, 0.5) is 4.79 Å². The van der Waals surface area contributed by atoms with Gasteiger partial charge in [0.2, 0.25) is 0 Å². The molecule has 4 aliphatic carbocycles. The second-order valence-corrected chi connectivity index (χ2v) is 14.9. The van der Waals surface area contributed by atoms with Gasteiger partial charge in [0.15, 0.2) is 0 Å². The molecular formula is C34H49BrO3. The summed E-state index contributed by atoms with van der Waals surface area (Å²) in [6.45, 7) is 12.5. The van der Waals surface area contributed by atoms with Crippen LogP contribution in [0.3, 0.4) is 0 Å². The molecule has 0 aromatic heterocycles. The molecule has 8 unspecified atom stereocenters. The van der Waals surface area contributed by atoms with Crippen LogP contribution in [0.5, 0.6) is 5.75 Å². The first-order valence-corrected chi connectivity index (χ1v) is 16.2. The Morgan fingerprint density at radius 2 is 1.82 bits per heavy atom. The van der Waals surface area contributed by atoms with Crippen molar-refractivity contribution in [3.63, 3.8) is 0 Å². The van der Waals surface area contributed by atoms with E-state index in [4.69, 9.17) is 9.47 Å². The molecule has 0 saturated heterocycles. The molecule has 0 spiro atoms. The van der Waals surface area contributed by atoms with Gasteiger partial charge in [-0.15, -0.1) is 0 Å². The molecule has 4 aliphatic rings. The van der Waals surface area contributed by atoms with Gasteiger partial charge in [0, 0.05) is 6.42 Å². The smallest absolute Gasteiger partial charge is 0.430 e. The summed E-state index contributed by atoms with van der Waals surface area (Å²) in [5.74, 6) is 5.57. The fourth-order valence-corrected chi connectivity index (χ4v) is 9.90. The molecule has 210 valence electrons. The summed E-state index contributed by atoms with van der Waals surface area (Å²) in [5.41, 5.74) is 2.33. The van der Waals surface area contributed by atoms with Gasteiger partial charge in [0.05, 0.1) is 4.47 Å².